The van der Waals surface area contributed by atoms with Gasteiger partial charge in [-0.3, -0.25) is 4.90 Å². The van der Waals surface area contributed by atoms with Crippen molar-refractivity contribution in [1.29, 1.82) is 0 Å². The summed E-state index contributed by atoms with van der Waals surface area (Å²) >= 11 is 0. The van der Waals surface area contributed by atoms with Crippen LogP contribution in [0.5, 0.6) is 5.75 Å². The molecule has 0 aliphatic carbocycles. The number of nitrogens with zero attached hydrogens (tertiary/aromatic N) is 6. The normalized spacial score (nSPS) is 16.2. The van der Waals surface area contributed by atoms with E-state index in [9.17, 15) is 5.11 Å². The van der Waals surface area contributed by atoms with E-state index in [4.69, 9.17) is 9.72 Å². The van der Waals surface area contributed by atoms with Crippen molar-refractivity contribution in [1.82, 2.24) is 29.5 Å². The van der Waals surface area contributed by atoms with Crippen LogP contribution < -0.4 is 9.64 Å². The Balaban J connectivity index is 1.54. The predicted octanol–water partition coefficient (Wildman–Crippen LogP) is 2.91. The lowest BCUT2D eigenvalue weighted by Gasteiger charge is -2.38. The second-order valence-corrected chi connectivity index (χ2v) is 9.01. The molecule has 1 saturated heterocycles. The van der Waals surface area contributed by atoms with E-state index in [1.54, 1.807) is 11.6 Å². The highest BCUT2D eigenvalue weighted by atomic mass is 16.5. The third-order valence-corrected chi connectivity index (χ3v) is 6.62. The average Bonchev–Trinajstić information content (AvgIpc) is 3.47. The highest BCUT2D eigenvalue weighted by molar-refractivity contribution is 5.90. The van der Waals surface area contributed by atoms with Crippen LogP contribution in [0.25, 0.3) is 27.9 Å². The Morgan fingerprint density at radius 1 is 1.15 bits per heavy atom. The average molecular weight is 450 g/mol. The van der Waals surface area contributed by atoms with Gasteiger partial charge in [0.1, 0.15) is 12.1 Å². The number of methoxy groups -OCH3 is 1. The van der Waals surface area contributed by atoms with Gasteiger partial charge in [-0.25, -0.2) is 14.5 Å². The van der Waals surface area contributed by atoms with E-state index < -0.39 is 0 Å². The quantitative estimate of drug-likeness (QED) is 0.467. The molecule has 2 N–H and O–H groups in total. The summed E-state index contributed by atoms with van der Waals surface area (Å²) in [5, 5.41) is 13.8. The van der Waals surface area contributed by atoms with Gasteiger partial charge in [0.25, 0.3) is 0 Å². The van der Waals surface area contributed by atoms with Gasteiger partial charge in [0.2, 0.25) is 0 Å². The lowest BCUT2D eigenvalue weighted by Crippen LogP contribution is -2.50. The summed E-state index contributed by atoms with van der Waals surface area (Å²) in [4.78, 5) is 17.7. The Kier molecular flexibility index (Phi) is 5.67. The minimum Gasteiger partial charge on any atom is -0.493 e. The van der Waals surface area contributed by atoms with Crippen molar-refractivity contribution < 1.29 is 9.84 Å². The SMILES string of the molecule is COc1cc(-c2[nH]c3ccc(N4CCN(C(C)CO)CC4)nc3c2C(C)C)cn2ncnc12. The molecule has 5 rings (SSSR count). The maximum absolute atomic E-state index is 9.46. The molecule has 0 aromatic carbocycles. The summed E-state index contributed by atoms with van der Waals surface area (Å²) in [6.07, 6.45) is 3.51. The number of aliphatic hydroxyl groups excluding tert-OH is 1. The molecule has 9 heteroatoms. The third-order valence-electron chi connectivity index (χ3n) is 6.62. The number of pyridine rings is 2. The summed E-state index contributed by atoms with van der Waals surface area (Å²) in [6, 6.07) is 6.42. The van der Waals surface area contributed by atoms with Gasteiger partial charge in [-0.1, -0.05) is 13.8 Å². The summed E-state index contributed by atoms with van der Waals surface area (Å²) < 4.78 is 7.32. The Morgan fingerprint density at radius 3 is 2.64 bits per heavy atom. The molecular formula is C24H31N7O2. The molecule has 1 aliphatic heterocycles. The van der Waals surface area contributed by atoms with Crippen molar-refractivity contribution in [2.75, 3.05) is 44.8 Å². The van der Waals surface area contributed by atoms with Gasteiger partial charge in [-0.15, -0.1) is 0 Å². The number of fused-ring (bicyclic) bond motifs is 2. The topological polar surface area (TPSA) is 94.8 Å². The van der Waals surface area contributed by atoms with E-state index in [0.717, 1.165) is 54.3 Å². The van der Waals surface area contributed by atoms with Crippen LogP contribution in [-0.4, -0.2) is 80.5 Å². The molecule has 1 fully saturated rings. The predicted molar refractivity (Wildman–Crippen MR) is 129 cm³/mol. The van der Waals surface area contributed by atoms with E-state index in [-0.39, 0.29) is 18.6 Å². The molecule has 0 amide bonds. The molecule has 0 bridgehead atoms. The molecule has 1 aliphatic rings. The van der Waals surface area contributed by atoms with Crippen molar-refractivity contribution in [3.63, 3.8) is 0 Å². The number of H-pyrrole nitrogens is 1. The van der Waals surface area contributed by atoms with Gasteiger partial charge in [0, 0.05) is 49.5 Å². The van der Waals surface area contributed by atoms with E-state index in [1.807, 2.05) is 12.3 Å². The van der Waals surface area contributed by atoms with Gasteiger partial charge >= 0.3 is 0 Å². The first-order valence-corrected chi connectivity index (χ1v) is 11.5. The lowest BCUT2D eigenvalue weighted by atomic mass is 9.99. The van der Waals surface area contributed by atoms with Crippen LogP contribution in [0.4, 0.5) is 5.82 Å². The molecule has 1 atom stereocenters. The zero-order chi connectivity index (χ0) is 23.1. The molecule has 0 saturated carbocycles. The monoisotopic (exact) mass is 449 g/mol. The summed E-state index contributed by atoms with van der Waals surface area (Å²) in [7, 11) is 1.65. The summed E-state index contributed by atoms with van der Waals surface area (Å²) in [5.41, 5.74) is 5.91. The van der Waals surface area contributed by atoms with E-state index >= 15 is 0 Å². The van der Waals surface area contributed by atoms with Gasteiger partial charge in [-0.05, 0) is 31.0 Å². The number of nitrogens with one attached hydrogen (secondary N) is 1. The Bertz CT molecular complexity index is 1270. The fourth-order valence-electron chi connectivity index (χ4n) is 4.73. The molecule has 5 heterocycles. The van der Waals surface area contributed by atoms with Crippen LogP contribution in [0, 0.1) is 0 Å². The van der Waals surface area contributed by atoms with Crippen LogP contribution in [0.15, 0.2) is 30.7 Å². The van der Waals surface area contributed by atoms with Crippen molar-refractivity contribution >= 4 is 22.5 Å². The molecular weight excluding hydrogens is 418 g/mol. The van der Waals surface area contributed by atoms with Gasteiger partial charge in [-0.2, -0.15) is 5.10 Å². The van der Waals surface area contributed by atoms with Crippen molar-refractivity contribution in [2.45, 2.75) is 32.7 Å². The highest BCUT2D eigenvalue weighted by Crippen LogP contribution is 2.37. The first kappa shape index (κ1) is 21.7. The first-order chi connectivity index (χ1) is 16.0. The number of aliphatic hydroxyl groups is 1. The summed E-state index contributed by atoms with van der Waals surface area (Å²) in [5.74, 6) is 1.95. The molecule has 1 unspecified atom stereocenters. The smallest absolute Gasteiger partial charge is 0.197 e. The number of aromatic nitrogens is 5. The Morgan fingerprint density at radius 2 is 1.94 bits per heavy atom. The molecule has 4 aromatic rings. The third kappa shape index (κ3) is 3.81. The van der Waals surface area contributed by atoms with Crippen LogP contribution in [-0.2, 0) is 0 Å². The largest absolute Gasteiger partial charge is 0.493 e. The number of anilines is 1. The fourth-order valence-corrected chi connectivity index (χ4v) is 4.73. The van der Waals surface area contributed by atoms with E-state index in [1.165, 1.54) is 11.9 Å². The molecule has 0 spiro atoms. The number of piperazine rings is 1. The minimum atomic E-state index is 0.194. The van der Waals surface area contributed by atoms with Crippen LogP contribution in [0.3, 0.4) is 0 Å². The lowest BCUT2D eigenvalue weighted by molar-refractivity contribution is 0.128. The maximum atomic E-state index is 9.46. The zero-order valence-electron chi connectivity index (χ0n) is 19.6. The molecule has 174 valence electrons. The standard InChI is InChI=1S/C24H31N7O2/c1-15(2)21-22(17-11-19(33-4)24-25-14-26-31(24)12-17)27-18-5-6-20(28-23(18)21)30-9-7-29(8-10-30)16(3)13-32/h5-6,11-12,14-16,27,32H,7-10,13H2,1-4H3. The van der Waals surface area contributed by atoms with E-state index in [0.29, 0.717) is 11.4 Å². The van der Waals surface area contributed by atoms with Gasteiger partial charge in [0.15, 0.2) is 11.4 Å². The van der Waals surface area contributed by atoms with Crippen molar-refractivity contribution in [2.24, 2.45) is 0 Å². The second-order valence-electron chi connectivity index (χ2n) is 9.01. The molecule has 33 heavy (non-hydrogen) atoms. The fraction of sp³-hybridized carbons (Fsp3) is 0.458. The number of hydrogen-bond acceptors (Lipinski definition) is 7. The first-order valence-electron chi connectivity index (χ1n) is 11.5. The van der Waals surface area contributed by atoms with Crippen LogP contribution >= 0.6 is 0 Å². The Hall–Kier alpha value is -3.17. The van der Waals surface area contributed by atoms with Crippen molar-refractivity contribution in [3.05, 3.63) is 36.3 Å². The zero-order valence-corrected chi connectivity index (χ0v) is 19.6. The Labute approximate surface area is 193 Å². The maximum Gasteiger partial charge on any atom is 0.197 e. The summed E-state index contributed by atoms with van der Waals surface area (Å²) in [6.45, 7) is 10.3. The number of hydrogen-bond donors (Lipinski definition) is 2. The van der Waals surface area contributed by atoms with Gasteiger partial charge < -0.3 is 19.7 Å². The van der Waals surface area contributed by atoms with Gasteiger partial charge in [0.05, 0.1) is 30.4 Å². The van der Waals surface area contributed by atoms with Crippen LogP contribution in [0.2, 0.25) is 0 Å². The van der Waals surface area contributed by atoms with E-state index in [2.05, 4.69) is 57.8 Å². The number of ether oxygens (including phenoxy) is 1. The molecule has 0 radical (unpaired) electrons. The minimum absolute atomic E-state index is 0.194. The second kappa shape index (κ2) is 8.64. The number of rotatable bonds is 6. The van der Waals surface area contributed by atoms with Crippen LogP contribution in [0.1, 0.15) is 32.3 Å². The van der Waals surface area contributed by atoms with Crippen molar-refractivity contribution in [3.8, 4) is 17.0 Å². The molecule has 9 nitrogen and oxygen atoms in total. The number of aromatic amines is 1. The molecule has 4 aromatic heterocycles. The highest BCUT2D eigenvalue weighted by Gasteiger charge is 2.24.